The first-order chi connectivity index (χ1) is 10.3. The quantitative estimate of drug-likeness (QED) is 0.741. The number of aromatic nitrogens is 4. The van der Waals surface area contributed by atoms with Crippen molar-refractivity contribution in [3.8, 4) is 11.4 Å². The van der Waals surface area contributed by atoms with E-state index in [9.17, 15) is 4.79 Å². The van der Waals surface area contributed by atoms with Crippen LogP contribution >= 0.6 is 0 Å². The molecular weight excluding hydrogens is 268 g/mol. The molecule has 3 rings (SSSR count). The maximum atomic E-state index is 11.9. The number of H-pyrrole nitrogens is 1. The maximum absolute atomic E-state index is 11.9. The largest absolute Gasteiger partial charge is 0.454 e. The molecule has 6 heteroatoms. The Morgan fingerprint density at radius 1 is 1.10 bits per heavy atom. The molecule has 0 aliphatic rings. The Morgan fingerprint density at radius 2 is 1.95 bits per heavy atom. The van der Waals surface area contributed by atoms with Gasteiger partial charge in [0.1, 0.15) is 18.1 Å². The highest BCUT2D eigenvalue weighted by atomic mass is 16.5. The number of aromatic amines is 1. The number of benzene rings is 1. The van der Waals surface area contributed by atoms with Gasteiger partial charge in [-0.3, -0.25) is 9.97 Å². The lowest BCUT2D eigenvalue weighted by Crippen LogP contribution is -2.06. The normalized spacial score (nSPS) is 10.3. The van der Waals surface area contributed by atoms with Gasteiger partial charge in [0.15, 0.2) is 0 Å². The van der Waals surface area contributed by atoms with Crippen molar-refractivity contribution in [3.63, 3.8) is 0 Å². The topological polar surface area (TPSA) is 80.8 Å². The van der Waals surface area contributed by atoms with Gasteiger partial charge in [0.2, 0.25) is 0 Å². The zero-order valence-corrected chi connectivity index (χ0v) is 11.1. The minimum Gasteiger partial charge on any atom is -0.454 e. The van der Waals surface area contributed by atoms with Gasteiger partial charge in [-0.15, -0.1) is 0 Å². The van der Waals surface area contributed by atoms with Gasteiger partial charge < -0.3 is 9.72 Å². The van der Waals surface area contributed by atoms with Crippen LogP contribution in [0.15, 0.2) is 55.1 Å². The fourth-order valence-electron chi connectivity index (χ4n) is 1.79. The van der Waals surface area contributed by atoms with Gasteiger partial charge in [-0.1, -0.05) is 30.3 Å². The van der Waals surface area contributed by atoms with E-state index >= 15 is 0 Å². The van der Waals surface area contributed by atoms with Crippen molar-refractivity contribution in [1.82, 2.24) is 19.9 Å². The number of carbonyl (C=O) groups is 1. The second kappa shape index (κ2) is 5.96. The first-order valence-corrected chi connectivity index (χ1v) is 6.35. The summed E-state index contributed by atoms with van der Waals surface area (Å²) in [5, 5.41) is 0. The molecule has 0 aliphatic heterocycles. The van der Waals surface area contributed by atoms with E-state index in [1.165, 1.54) is 6.20 Å². The Bertz CT molecular complexity index is 726. The first kappa shape index (κ1) is 13.0. The third-order valence-electron chi connectivity index (χ3n) is 2.81. The minimum atomic E-state index is -0.477. The van der Waals surface area contributed by atoms with Gasteiger partial charge in [0.05, 0.1) is 18.1 Å². The van der Waals surface area contributed by atoms with Crippen LogP contribution in [0.3, 0.4) is 0 Å². The number of ether oxygens (including phenoxy) is 1. The molecular formula is C15H12N4O2. The highest BCUT2D eigenvalue weighted by Gasteiger charge is 2.12. The standard InChI is InChI=1S/C15H12N4O2/c20-15(21-10-12-8-16-6-7-17-12)13-9-18-14(19-13)11-4-2-1-3-5-11/h1-9H,10H2,(H,18,19). The van der Waals surface area contributed by atoms with Crippen molar-refractivity contribution < 1.29 is 9.53 Å². The Labute approximate surface area is 120 Å². The summed E-state index contributed by atoms with van der Waals surface area (Å²) in [6.07, 6.45) is 6.12. The van der Waals surface area contributed by atoms with Gasteiger partial charge in [-0.05, 0) is 0 Å². The lowest BCUT2D eigenvalue weighted by molar-refractivity contribution is 0.0461. The highest BCUT2D eigenvalue weighted by Crippen LogP contribution is 2.15. The highest BCUT2D eigenvalue weighted by molar-refractivity contribution is 5.87. The van der Waals surface area contributed by atoms with Gasteiger partial charge >= 0.3 is 5.97 Å². The molecule has 2 aromatic heterocycles. The summed E-state index contributed by atoms with van der Waals surface area (Å²) in [6.45, 7) is 0.0758. The van der Waals surface area contributed by atoms with Crippen LogP contribution in [0.2, 0.25) is 0 Å². The van der Waals surface area contributed by atoms with Gasteiger partial charge in [-0.25, -0.2) is 9.78 Å². The van der Waals surface area contributed by atoms with Crippen molar-refractivity contribution in [1.29, 1.82) is 0 Å². The van der Waals surface area contributed by atoms with E-state index < -0.39 is 5.97 Å². The number of imidazole rings is 1. The van der Waals surface area contributed by atoms with Crippen LogP contribution in [0.5, 0.6) is 0 Å². The van der Waals surface area contributed by atoms with Crippen molar-refractivity contribution in [3.05, 3.63) is 66.5 Å². The predicted octanol–water partition coefficient (Wildman–Crippen LogP) is 2.22. The van der Waals surface area contributed by atoms with E-state index in [-0.39, 0.29) is 6.61 Å². The summed E-state index contributed by atoms with van der Waals surface area (Å²) in [7, 11) is 0. The predicted molar refractivity (Wildman–Crippen MR) is 75.2 cm³/mol. The van der Waals surface area contributed by atoms with Gasteiger partial charge in [0.25, 0.3) is 0 Å². The monoisotopic (exact) mass is 280 g/mol. The van der Waals surface area contributed by atoms with Crippen LogP contribution in [-0.4, -0.2) is 25.9 Å². The zero-order valence-electron chi connectivity index (χ0n) is 11.1. The average molecular weight is 280 g/mol. The molecule has 104 valence electrons. The van der Waals surface area contributed by atoms with E-state index in [1.54, 1.807) is 18.6 Å². The van der Waals surface area contributed by atoms with Crippen LogP contribution in [0, 0.1) is 0 Å². The van der Waals surface area contributed by atoms with Crippen LogP contribution < -0.4 is 0 Å². The first-order valence-electron chi connectivity index (χ1n) is 6.35. The number of hydrogen-bond acceptors (Lipinski definition) is 5. The summed E-state index contributed by atoms with van der Waals surface area (Å²) >= 11 is 0. The molecule has 0 bridgehead atoms. The Kier molecular flexibility index (Phi) is 3.68. The molecule has 1 N–H and O–H groups in total. The molecule has 2 heterocycles. The molecule has 0 amide bonds. The SMILES string of the molecule is O=C(OCc1cnccn1)c1cnc(-c2ccccc2)[nH]1. The molecule has 0 saturated heterocycles. The molecule has 0 unspecified atom stereocenters. The summed E-state index contributed by atoms with van der Waals surface area (Å²) in [4.78, 5) is 27.0. The summed E-state index contributed by atoms with van der Waals surface area (Å²) in [5.41, 5.74) is 1.80. The van der Waals surface area contributed by atoms with E-state index in [0.717, 1.165) is 5.56 Å². The second-order valence-corrected chi connectivity index (χ2v) is 4.28. The van der Waals surface area contributed by atoms with Gasteiger partial charge in [0, 0.05) is 18.0 Å². The van der Waals surface area contributed by atoms with Crippen LogP contribution in [0.4, 0.5) is 0 Å². The third kappa shape index (κ3) is 3.11. The van der Waals surface area contributed by atoms with E-state index in [0.29, 0.717) is 17.2 Å². The molecule has 0 fully saturated rings. The average Bonchev–Trinajstić information content (AvgIpc) is 3.04. The fourth-order valence-corrected chi connectivity index (χ4v) is 1.79. The molecule has 21 heavy (non-hydrogen) atoms. The molecule has 0 radical (unpaired) electrons. The van der Waals surface area contributed by atoms with Crippen molar-refractivity contribution in [2.45, 2.75) is 6.61 Å². The minimum absolute atomic E-state index is 0.0758. The zero-order chi connectivity index (χ0) is 14.5. The lowest BCUT2D eigenvalue weighted by Gasteiger charge is -2.01. The number of esters is 1. The number of rotatable bonds is 4. The number of hydrogen-bond donors (Lipinski definition) is 1. The summed E-state index contributed by atoms with van der Waals surface area (Å²) in [5.74, 6) is 0.150. The van der Waals surface area contributed by atoms with Crippen LogP contribution in [0.25, 0.3) is 11.4 Å². The van der Waals surface area contributed by atoms with Crippen LogP contribution in [0.1, 0.15) is 16.2 Å². The van der Waals surface area contributed by atoms with Crippen LogP contribution in [-0.2, 0) is 11.3 Å². The smallest absolute Gasteiger partial charge is 0.356 e. The van der Waals surface area contributed by atoms with E-state index in [4.69, 9.17) is 4.74 Å². The molecule has 1 aromatic carbocycles. The summed E-state index contributed by atoms with van der Waals surface area (Å²) in [6, 6.07) is 9.55. The second-order valence-electron chi connectivity index (χ2n) is 4.28. The number of nitrogens with zero attached hydrogens (tertiary/aromatic N) is 3. The molecule has 3 aromatic rings. The fraction of sp³-hybridized carbons (Fsp3) is 0.0667. The van der Waals surface area contributed by atoms with Crippen molar-refractivity contribution >= 4 is 5.97 Å². The Hall–Kier alpha value is -3.02. The summed E-state index contributed by atoms with van der Waals surface area (Å²) < 4.78 is 5.15. The van der Waals surface area contributed by atoms with E-state index in [1.807, 2.05) is 30.3 Å². The van der Waals surface area contributed by atoms with Crippen molar-refractivity contribution in [2.24, 2.45) is 0 Å². The van der Waals surface area contributed by atoms with Gasteiger partial charge in [-0.2, -0.15) is 0 Å². The molecule has 0 atom stereocenters. The van der Waals surface area contributed by atoms with E-state index in [2.05, 4.69) is 19.9 Å². The molecule has 0 spiro atoms. The number of nitrogens with one attached hydrogen (secondary N) is 1. The van der Waals surface area contributed by atoms with Crippen molar-refractivity contribution in [2.75, 3.05) is 0 Å². The maximum Gasteiger partial charge on any atom is 0.356 e. The molecule has 0 aliphatic carbocycles. The molecule has 0 saturated carbocycles. The molecule has 6 nitrogen and oxygen atoms in total. The number of carbonyl (C=O) groups excluding carboxylic acids is 1. The Balaban J connectivity index is 1.67. The lowest BCUT2D eigenvalue weighted by atomic mass is 10.2. The Morgan fingerprint density at radius 3 is 2.71 bits per heavy atom. The third-order valence-corrected chi connectivity index (χ3v) is 2.81.